The van der Waals surface area contributed by atoms with Crippen LogP contribution in [0.15, 0.2) is 35.3 Å². The van der Waals surface area contributed by atoms with Gasteiger partial charge in [0.15, 0.2) is 0 Å². The molecule has 0 saturated carbocycles. The number of aryl methyl sites for hydroxylation is 1. The molecule has 0 saturated heterocycles. The largest absolute Gasteiger partial charge is 0.373 e. The Morgan fingerprint density at radius 3 is 2.89 bits per heavy atom. The maximum absolute atomic E-state index is 11.9. The lowest BCUT2D eigenvalue weighted by atomic mass is 10.3. The summed E-state index contributed by atoms with van der Waals surface area (Å²) in [6.45, 7) is 2.16. The molecule has 2 heterocycles. The molecule has 0 aromatic carbocycles. The highest BCUT2D eigenvalue weighted by molar-refractivity contribution is 6.31. The highest BCUT2D eigenvalue weighted by Gasteiger charge is 2.06. The van der Waals surface area contributed by atoms with Crippen LogP contribution in [-0.4, -0.2) is 16.6 Å². The maximum Gasteiger partial charge on any atom is 0.253 e. The maximum atomic E-state index is 11.9. The summed E-state index contributed by atoms with van der Waals surface area (Å²) in [6, 6.07) is 7.20. The second kappa shape index (κ2) is 5.23. The average molecular weight is 264 g/mol. The Labute approximate surface area is 110 Å². The molecule has 0 fully saturated rings. The standard InChI is InChI=1S/C13H14ClN3O/c1-9-4-3-7-17(13(9)18)8-11-10(14)5-6-12(15-2)16-11/h3-7H,8H2,1-2H3,(H,15,16). The number of halogens is 1. The van der Waals surface area contributed by atoms with Crippen LogP contribution in [0.5, 0.6) is 0 Å². The molecule has 0 radical (unpaired) electrons. The topological polar surface area (TPSA) is 46.9 Å². The molecule has 18 heavy (non-hydrogen) atoms. The van der Waals surface area contributed by atoms with E-state index in [4.69, 9.17) is 11.6 Å². The molecule has 0 aliphatic carbocycles. The van der Waals surface area contributed by atoms with E-state index in [1.807, 2.05) is 6.07 Å². The van der Waals surface area contributed by atoms with Crippen LogP contribution < -0.4 is 10.9 Å². The molecule has 0 unspecified atom stereocenters. The van der Waals surface area contributed by atoms with Crippen LogP contribution in [0.1, 0.15) is 11.3 Å². The predicted molar refractivity (Wildman–Crippen MR) is 73.3 cm³/mol. The molecule has 1 N–H and O–H groups in total. The summed E-state index contributed by atoms with van der Waals surface area (Å²) in [5, 5.41) is 3.51. The molecule has 94 valence electrons. The number of rotatable bonds is 3. The van der Waals surface area contributed by atoms with E-state index in [1.165, 1.54) is 0 Å². The van der Waals surface area contributed by atoms with E-state index >= 15 is 0 Å². The molecular weight excluding hydrogens is 250 g/mol. The van der Waals surface area contributed by atoms with Crippen molar-refractivity contribution in [1.29, 1.82) is 0 Å². The van der Waals surface area contributed by atoms with E-state index < -0.39 is 0 Å². The van der Waals surface area contributed by atoms with Crippen molar-refractivity contribution in [2.75, 3.05) is 12.4 Å². The average Bonchev–Trinajstić information content (AvgIpc) is 2.37. The summed E-state index contributed by atoms with van der Waals surface area (Å²) < 4.78 is 1.60. The van der Waals surface area contributed by atoms with Gasteiger partial charge in [0.05, 0.1) is 17.3 Å². The smallest absolute Gasteiger partial charge is 0.253 e. The fraction of sp³-hybridized carbons (Fsp3) is 0.231. The molecule has 2 rings (SSSR count). The van der Waals surface area contributed by atoms with Gasteiger partial charge < -0.3 is 9.88 Å². The summed E-state index contributed by atoms with van der Waals surface area (Å²) in [7, 11) is 1.79. The zero-order chi connectivity index (χ0) is 13.1. The number of pyridine rings is 2. The van der Waals surface area contributed by atoms with Gasteiger partial charge >= 0.3 is 0 Å². The van der Waals surface area contributed by atoms with Gasteiger partial charge in [-0.2, -0.15) is 0 Å². The van der Waals surface area contributed by atoms with Crippen molar-refractivity contribution >= 4 is 17.4 Å². The highest BCUT2D eigenvalue weighted by atomic mass is 35.5. The quantitative estimate of drug-likeness (QED) is 0.924. The Bertz CT molecular complexity index is 622. The number of aromatic nitrogens is 2. The summed E-state index contributed by atoms with van der Waals surface area (Å²) in [4.78, 5) is 16.3. The van der Waals surface area contributed by atoms with Gasteiger partial charge in [0.1, 0.15) is 5.82 Å². The van der Waals surface area contributed by atoms with Crippen LogP contribution in [0.25, 0.3) is 0 Å². The van der Waals surface area contributed by atoms with Crippen molar-refractivity contribution in [3.8, 4) is 0 Å². The van der Waals surface area contributed by atoms with Gasteiger partial charge in [-0.3, -0.25) is 4.79 Å². The van der Waals surface area contributed by atoms with Gasteiger partial charge in [-0.1, -0.05) is 17.7 Å². The van der Waals surface area contributed by atoms with Crippen LogP contribution in [0, 0.1) is 6.92 Å². The molecule has 0 amide bonds. The van der Waals surface area contributed by atoms with Crippen LogP contribution in [0.2, 0.25) is 5.02 Å². The first-order valence-electron chi connectivity index (χ1n) is 5.61. The van der Waals surface area contributed by atoms with Gasteiger partial charge in [0.25, 0.3) is 5.56 Å². The fourth-order valence-electron chi connectivity index (χ4n) is 1.68. The Morgan fingerprint density at radius 1 is 1.39 bits per heavy atom. The number of hydrogen-bond acceptors (Lipinski definition) is 3. The third kappa shape index (κ3) is 2.54. The predicted octanol–water partition coefficient (Wildman–Crippen LogP) is 2.30. The number of hydrogen-bond donors (Lipinski definition) is 1. The Hall–Kier alpha value is -1.81. The Balaban J connectivity index is 2.39. The third-order valence-corrected chi connectivity index (χ3v) is 3.05. The van der Waals surface area contributed by atoms with Crippen molar-refractivity contribution in [2.24, 2.45) is 0 Å². The van der Waals surface area contributed by atoms with Gasteiger partial charge in [0.2, 0.25) is 0 Å². The SMILES string of the molecule is CNc1ccc(Cl)c(Cn2cccc(C)c2=O)n1. The van der Waals surface area contributed by atoms with E-state index in [2.05, 4.69) is 10.3 Å². The Kier molecular flexibility index (Phi) is 3.67. The van der Waals surface area contributed by atoms with E-state index in [-0.39, 0.29) is 5.56 Å². The Morgan fingerprint density at radius 2 is 2.17 bits per heavy atom. The first-order chi connectivity index (χ1) is 8.61. The molecule has 2 aromatic rings. The molecule has 2 aromatic heterocycles. The summed E-state index contributed by atoms with van der Waals surface area (Å²) in [5.74, 6) is 0.732. The van der Waals surface area contributed by atoms with Gasteiger partial charge in [-0.05, 0) is 25.1 Å². The molecule has 0 aliphatic heterocycles. The van der Waals surface area contributed by atoms with Crippen LogP contribution >= 0.6 is 11.6 Å². The van der Waals surface area contributed by atoms with Crippen molar-refractivity contribution in [3.05, 3.63) is 57.1 Å². The molecule has 0 atom stereocenters. The van der Waals surface area contributed by atoms with E-state index in [1.54, 1.807) is 42.9 Å². The van der Waals surface area contributed by atoms with E-state index in [0.717, 1.165) is 5.82 Å². The van der Waals surface area contributed by atoms with Crippen molar-refractivity contribution < 1.29 is 0 Å². The van der Waals surface area contributed by atoms with Crippen LogP contribution in [0.3, 0.4) is 0 Å². The second-order valence-electron chi connectivity index (χ2n) is 4.00. The molecule has 0 bridgehead atoms. The van der Waals surface area contributed by atoms with Crippen molar-refractivity contribution in [1.82, 2.24) is 9.55 Å². The molecular formula is C13H14ClN3O. The van der Waals surface area contributed by atoms with Gasteiger partial charge in [-0.25, -0.2) is 4.98 Å². The summed E-state index contributed by atoms with van der Waals surface area (Å²) >= 11 is 6.09. The number of nitrogens with one attached hydrogen (secondary N) is 1. The fourth-order valence-corrected chi connectivity index (χ4v) is 1.84. The lowest BCUT2D eigenvalue weighted by Crippen LogP contribution is -2.22. The van der Waals surface area contributed by atoms with Gasteiger partial charge in [-0.15, -0.1) is 0 Å². The van der Waals surface area contributed by atoms with Gasteiger partial charge in [0, 0.05) is 18.8 Å². The minimum Gasteiger partial charge on any atom is -0.373 e. The lowest BCUT2D eigenvalue weighted by Gasteiger charge is -2.09. The molecule has 0 aliphatic rings. The first-order valence-corrected chi connectivity index (χ1v) is 5.99. The van der Waals surface area contributed by atoms with E-state index in [0.29, 0.717) is 22.8 Å². The lowest BCUT2D eigenvalue weighted by molar-refractivity contribution is 0.734. The normalized spacial score (nSPS) is 10.4. The zero-order valence-corrected chi connectivity index (χ0v) is 11.0. The van der Waals surface area contributed by atoms with Crippen LogP contribution in [-0.2, 0) is 6.54 Å². The minimum atomic E-state index is -0.0229. The van der Waals surface area contributed by atoms with Crippen LogP contribution in [0.4, 0.5) is 5.82 Å². The van der Waals surface area contributed by atoms with Crippen molar-refractivity contribution in [3.63, 3.8) is 0 Å². The molecule has 4 nitrogen and oxygen atoms in total. The summed E-state index contributed by atoms with van der Waals surface area (Å²) in [5.41, 5.74) is 1.36. The monoisotopic (exact) mass is 263 g/mol. The zero-order valence-electron chi connectivity index (χ0n) is 10.3. The van der Waals surface area contributed by atoms with Crippen molar-refractivity contribution in [2.45, 2.75) is 13.5 Å². The second-order valence-corrected chi connectivity index (χ2v) is 4.41. The number of nitrogens with zero attached hydrogens (tertiary/aromatic N) is 2. The summed E-state index contributed by atoms with van der Waals surface area (Å²) in [6.07, 6.45) is 1.74. The van der Waals surface area contributed by atoms with E-state index in [9.17, 15) is 4.79 Å². The number of anilines is 1. The molecule has 5 heteroatoms. The first kappa shape index (κ1) is 12.6. The molecule has 0 spiro atoms. The highest BCUT2D eigenvalue weighted by Crippen LogP contribution is 2.17. The third-order valence-electron chi connectivity index (χ3n) is 2.71. The minimum absolute atomic E-state index is 0.0229.